The van der Waals surface area contributed by atoms with E-state index < -0.39 is 0 Å². The number of piperidine rings is 1. The number of rotatable bonds is 3. The van der Waals surface area contributed by atoms with Crippen LogP contribution in [0.25, 0.3) is 0 Å². The summed E-state index contributed by atoms with van der Waals surface area (Å²) < 4.78 is 0. The largest absolute Gasteiger partial charge is 0.395 e. The number of halogens is 1. The number of likely N-dealkylation sites (tertiary alicyclic amines) is 1. The average molecular weight is 240 g/mol. The lowest BCUT2D eigenvalue weighted by Gasteiger charge is -2.34. The van der Waals surface area contributed by atoms with Crippen molar-refractivity contribution in [2.45, 2.75) is 31.8 Å². The number of aliphatic hydroxyl groups is 1. The monoisotopic (exact) mass is 239 g/mol. The van der Waals surface area contributed by atoms with E-state index >= 15 is 0 Å². The molecule has 0 amide bonds. The van der Waals surface area contributed by atoms with E-state index in [0.717, 1.165) is 24.5 Å². The van der Waals surface area contributed by atoms with Gasteiger partial charge in [0.2, 0.25) is 0 Å². The van der Waals surface area contributed by atoms with Crippen LogP contribution in [-0.4, -0.2) is 29.2 Å². The Morgan fingerprint density at radius 2 is 2.00 bits per heavy atom. The lowest BCUT2D eigenvalue weighted by molar-refractivity contribution is 0.0841. The minimum absolute atomic E-state index is 0.271. The van der Waals surface area contributed by atoms with Gasteiger partial charge in [0.25, 0.3) is 0 Å². The quantitative estimate of drug-likeness (QED) is 0.877. The third kappa shape index (κ3) is 2.97. The second kappa shape index (κ2) is 5.67. The summed E-state index contributed by atoms with van der Waals surface area (Å²) in [5.74, 6) is 0. The lowest BCUT2D eigenvalue weighted by atomic mass is 10.0. The second-order valence-electron chi connectivity index (χ2n) is 4.43. The molecule has 1 aromatic rings. The van der Waals surface area contributed by atoms with Crippen LogP contribution in [0.3, 0.4) is 0 Å². The number of aliphatic hydroxyl groups excluding tert-OH is 1. The first-order valence-electron chi connectivity index (χ1n) is 5.89. The summed E-state index contributed by atoms with van der Waals surface area (Å²) in [6.45, 7) is 2.28. The molecule has 1 unspecified atom stereocenters. The summed E-state index contributed by atoms with van der Waals surface area (Å²) in [4.78, 5) is 2.37. The maximum absolute atomic E-state index is 9.32. The van der Waals surface area contributed by atoms with E-state index in [9.17, 15) is 5.11 Å². The molecule has 0 aromatic heterocycles. The average Bonchev–Trinajstić information content (AvgIpc) is 2.33. The Labute approximate surface area is 102 Å². The third-order valence-corrected chi connectivity index (χ3v) is 3.51. The highest BCUT2D eigenvalue weighted by molar-refractivity contribution is 6.30. The predicted molar refractivity (Wildman–Crippen MR) is 66.6 cm³/mol. The highest BCUT2D eigenvalue weighted by Crippen LogP contribution is 2.20. The van der Waals surface area contributed by atoms with Gasteiger partial charge in [-0.05, 0) is 37.1 Å². The molecule has 1 N–H and O–H groups in total. The van der Waals surface area contributed by atoms with E-state index in [0.29, 0.717) is 6.04 Å². The van der Waals surface area contributed by atoms with Crippen molar-refractivity contribution in [3.05, 3.63) is 34.9 Å². The smallest absolute Gasteiger partial charge is 0.0586 e. The highest BCUT2D eigenvalue weighted by atomic mass is 35.5. The number of nitrogens with zero attached hydrogens (tertiary/aromatic N) is 1. The van der Waals surface area contributed by atoms with E-state index in [1.165, 1.54) is 18.4 Å². The molecule has 88 valence electrons. The van der Waals surface area contributed by atoms with Crippen LogP contribution in [0.1, 0.15) is 24.8 Å². The Hall–Kier alpha value is -0.570. The van der Waals surface area contributed by atoms with Crippen LogP contribution >= 0.6 is 11.6 Å². The molecule has 1 fully saturated rings. The molecule has 0 aliphatic carbocycles. The van der Waals surface area contributed by atoms with Crippen molar-refractivity contribution in [2.75, 3.05) is 13.2 Å². The molecule has 2 nitrogen and oxygen atoms in total. The van der Waals surface area contributed by atoms with Crippen molar-refractivity contribution in [3.63, 3.8) is 0 Å². The van der Waals surface area contributed by atoms with Gasteiger partial charge in [-0.3, -0.25) is 4.90 Å². The fourth-order valence-electron chi connectivity index (χ4n) is 2.30. The molecule has 1 aliphatic rings. The van der Waals surface area contributed by atoms with Crippen molar-refractivity contribution in [1.29, 1.82) is 0 Å². The molecule has 1 aliphatic heterocycles. The van der Waals surface area contributed by atoms with E-state index in [2.05, 4.69) is 17.0 Å². The highest BCUT2D eigenvalue weighted by Gasteiger charge is 2.21. The van der Waals surface area contributed by atoms with Gasteiger partial charge in [-0.25, -0.2) is 0 Å². The molecule has 16 heavy (non-hydrogen) atoms. The van der Waals surface area contributed by atoms with Crippen LogP contribution in [0.4, 0.5) is 0 Å². The summed E-state index contributed by atoms with van der Waals surface area (Å²) in [5, 5.41) is 10.1. The maximum Gasteiger partial charge on any atom is 0.0586 e. The van der Waals surface area contributed by atoms with Crippen molar-refractivity contribution >= 4 is 11.6 Å². The number of hydrogen-bond donors (Lipinski definition) is 1. The summed E-state index contributed by atoms with van der Waals surface area (Å²) in [6.07, 6.45) is 3.59. The molecule has 0 spiro atoms. The standard InChI is InChI=1S/C13H18ClNO/c14-12-6-4-11(5-7-12)9-15-8-2-1-3-13(15)10-16/h4-7,13,16H,1-3,8-10H2. The first kappa shape index (κ1) is 11.9. The zero-order chi connectivity index (χ0) is 11.4. The third-order valence-electron chi connectivity index (χ3n) is 3.26. The zero-order valence-electron chi connectivity index (χ0n) is 9.40. The van der Waals surface area contributed by atoms with Crippen molar-refractivity contribution in [3.8, 4) is 0 Å². The van der Waals surface area contributed by atoms with Gasteiger partial charge in [0, 0.05) is 17.6 Å². The van der Waals surface area contributed by atoms with E-state index in [1.807, 2.05) is 12.1 Å². The Morgan fingerprint density at radius 3 is 2.69 bits per heavy atom. The van der Waals surface area contributed by atoms with Crippen LogP contribution in [0.15, 0.2) is 24.3 Å². The maximum atomic E-state index is 9.32. The minimum atomic E-state index is 0.271. The summed E-state index contributed by atoms with van der Waals surface area (Å²) in [6, 6.07) is 8.31. The van der Waals surface area contributed by atoms with Gasteiger partial charge in [-0.15, -0.1) is 0 Å². The van der Waals surface area contributed by atoms with Crippen LogP contribution in [0.2, 0.25) is 5.02 Å². The molecule has 0 radical (unpaired) electrons. The summed E-state index contributed by atoms with van der Waals surface area (Å²) in [7, 11) is 0. The molecule has 2 rings (SSSR count). The Kier molecular flexibility index (Phi) is 4.22. The molecule has 0 bridgehead atoms. The van der Waals surface area contributed by atoms with Gasteiger partial charge in [-0.2, -0.15) is 0 Å². The molecule has 0 saturated carbocycles. The van der Waals surface area contributed by atoms with Crippen molar-refractivity contribution in [1.82, 2.24) is 4.90 Å². The number of hydrogen-bond acceptors (Lipinski definition) is 2. The van der Waals surface area contributed by atoms with Gasteiger partial charge in [0.15, 0.2) is 0 Å². The Morgan fingerprint density at radius 1 is 1.25 bits per heavy atom. The second-order valence-corrected chi connectivity index (χ2v) is 4.87. The zero-order valence-corrected chi connectivity index (χ0v) is 10.2. The van der Waals surface area contributed by atoms with Crippen LogP contribution in [-0.2, 0) is 6.54 Å². The summed E-state index contributed by atoms with van der Waals surface area (Å²) >= 11 is 5.86. The van der Waals surface area contributed by atoms with E-state index in [1.54, 1.807) is 0 Å². The van der Waals surface area contributed by atoms with Gasteiger partial charge in [0.05, 0.1) is 6.61 Å². The van der Waals surface area contributed by atoms with E-state index in [-0.39, 0.29) is 6.61 Å². The van der Waals surface area contributed by atoms with Gasteiger partial charge in [-0.1, -0.05) is 30.2 Å². The number of benzene rings is 1. The van der Waals surface area contributed by atoms with Gasteiger partial charge >= 0.3 is 0 Å². The van der Waals surface area contributed by atoms with Crippen LogP contribution in [0.5, 0.6) is 0 Å². The fraction of sp³-hybridized carbons (Fsp3) is 0.538. The summed E-state index contributed by atoms with van der Waals surface area (Å²) in [5.41, 5.74) is 1.27. The first-order chi connectivity index (χ1) is 7.79. The fourth-order valence-corrected chi connectivity index (χ4v) is 2.43. The van der Waals surface area contributed by atoms with Gasteiger partial charge in [0.1, 0.15) is 0 Å². The molecule has 1 heterocycles. The first-order valence-corrected chi connectivity index (χ1v) is 6.27. The van der Waals surface area contributed by atoms with Crippen LogP contribution in [0, 0.1) is 0 Å². The molecular weight excluding hydrogens is 222 g/mol. The lowest BCUT2D eigenvalue weighted by Crippen LogP contribution is -2.41. The SMILES string of the molecule is OCC1CCCCN1Cc1ccc(Cl)cc1. The Balaban J connectivity index is 1.99. The predicted octanol–water partition coefficient (Wildman–Crippen LogP) is 2.69. The molecular formula is C13H18ClNO. The minimum Gasteiger partial charge on any atom is -0.395 e. The topological polar surface area (TPSA) is 23.5 Å². The normalized spacial score (nSPS) is 22.2. The molecule has 1 saturated heterocycles. The van der Waals surface area contributed by atoms with Crippen molar-refractivity contribution in [2.24, 2.45) is 0 Å². The van der Waals surface area contributed by atoms with E-state index in [4.69, 9.17) is 11.6 Å². The van der Waals surface area contributed by atoms with Crippen LogP contribution < -0.4 is 0 Å². The van der Waals surface area contributed by atoms with Gasteiger partial charge < -0.3 is 5.11 Å². The molecule has 3 heteroatoms. The Bertz CT molecular complexity index is 325. The molecule has 1 aromatic carbocycles. The van der Waals surface area contributed by atoms with Crippen molar-refractivity contribution < 1.29 is 5.11 Å². The molecule has 1 atom stereocenters.